The summed E-state index contributed by atoms with van der Waals surface area (Å²) >= 11 is 0. The summed E-state index contributed by atoms with van der Waals surface area (Å²) in [6.45, 7) is 3.90. The average molecular weight is 413 g/mol. The first-order valence-electron chi connectivity index (χ1n) is 10.5. The highest BCUT2D eigenvalue weighted by atomic mass is 16.5. The predicted molar refractivity (Wildman–Crippen MR) is 114 cm³/mol. The minimum atomic E-state index is -0.187. The number of nitrogens with one attached hydrogen (secondary N) is 1. The van der Waals surface area contributed by atoms with Gasteiger partial charge in [0, 0.05) is 25.8 Å². The Kier molecular flexibility index (Phi) is 4.92. The van der Waals surface area contributed by atoms with Crippen LogP contribution in [0.4, 0.5) is 0 Å². The molecule has 0 spiro atoms. The molecule has 1 fully saturated rings. The molecule has 7 nitrogen and oxygen atoms in total. The summed E-state index contributed by atoms with van der Waals surface area (Å²) < 4.78 is 8.23. The van der Waals surface area contributed by atoms with Crippen LogP contribution in [0.25, 0.3) is 0 Å². The molecule has 0 aliphatic carbocycles. The van der Waals surface area contributed by atoms with E-state index in [-0.39, 0.29) is 18.0 Å². The number of hydrogen-bond donors (Lipinski definition) is 1. The van der Waals surface area contributed by atoms with E-state index in [2.05, 4.69) is 27.9 Å². The number of ether oxygens (including phenoxy) is 1. The van der Waals surface area contributed by atoms with E-state index in [1.807, 2.05) is 47.5 Å². The smallest absolute Gasteiger partial charge is 0.240 e. The minimum absolute atomic E-state index is 0.00980. The van der Waals surface area contributed by atoms with Crippen LogP contribution < -0.4 is 10.1 Å². The van der Waals surface area contributed by atoms with Crippen molar-refractivity contribution >= 4 is 5.91 Å². The zero-order chi connectivity index (χ0) is 21.4. The molecule has 1 amide bonds. The summed E-state index contributed by atoms with van der Waals surface area (Å²) in [4.78, 5) is 19.1. The van der Waals surface area contributed by atoms with Crippen molar-refractivity contribution in [2.45, 2.75) is 38.5 Å². The van der Waals surface area contributed by atoms with Crippen LogP contribution in [0, 0.1) is 11.3 Å². The van der Waals surface area contributed by atoms with Gasteiger partial charge in [-0.1, -0.05) is 18.2 Å². The van der Waals surface area contributed by atoms with Crippen LogP contribution in [0.5, 0.6) is 11.5 Å². The van der Waals surface area contributed by atoms with Gasteiger partial charge in [-0.15, -0.1) is 0 Å². The van der Waals surface area contributed by atoms with Crippen LogP contribution in [-0.4, -0.2) is 32.9 Å². The van der Waals surface area contributed by atoms with E-state index >= 15 is 0 Å². The zero-order valence-corrected chi connectivity index (χ0v) is 17.3. The van der Waals surface area contributed by atoms with Crippen molar-refractivity contribution in [3.05, 3.63) is 77.4 Å². The molecular formula is C24H23N5O2. The molecule has 1 N–H and O–H groups in total. The molecule has 156 valence electrons. The highest BCUT2D eigenvalue weighted by Crippen LogP contribution is 2.31. The van der Waals surface area contributed by atoms with Gasteiger partial charge in [0.1, 0.15) is 17.6 Å². The summed E-state index contributed by atoms with van der Waals surface area (Å²) in [7, 11) is 0. The fourth-order valence-corrected chi connectivity index (χ4v) is 4.32. The Bertz CT molecular complexity index is 1180. The second kappa shape index (κ2) is 7.89. The second-order valence-electron chi connectivity index (χ2n) is 8.07. The number of imidazole rings is 1. The van der Waals surface area contributed by atoms with Gasteiger partial charge in [-0.3, -0.25) is 4.79 Å². The first-order chi connectivity index (χ1) is 15.1. The van der Waals surface area contributed by atoms with Crippen molar-refractivity contribution < 1.29 is 9.53 Å². The van der Waals surface area contributed by atoms with Gasteiger partial charge in [0.2, 0.25) is 5.91 Å². The highest BCUT2D eigenvalue weighted by molar-refractivity contribution is 5.84. The number of aromatic nitrogens is 2. The van der Waals surface area contributed by atoms with E-state index in [1.54, 1.807) is 12.4 Å². The Labute approximate surface area is 180 Å². The quantitative estimate of drug-likeness (QED) is 0.611. The van der Waals surface area contributed by atoms with Crippen molar-refractivity contribution in [2.24, 2.45) is 0 Å². The summed E-state index contributed by atoms with van der Waals surface area (Å²) in [6.07, 6.45) is 4.41. The van der Waals surface area contributed by atoms with Crippen molar-refractivity contribution in [3.63, 3.8) is 0 Å². The van der Waals surface area contributed by atoms with Gasteiger partial charge in [-0.25, -0.2) is 4.98 Å². The molecule has 3 aromatic rings. The van der Waals surface area contributed by atoms with Crippen molar-refractivity contribution in [1.82, 2.24) is 19.8 Å². The Morgan fingerprint density at radius 1 is 1.26 bits per heavy atom. The number of fused-ring (bicyclic) bond motifs is 7. The third kappa shape index (κ3) is 3.66. The maximum Gasteiger partial charge on any atom is 0.240 e. The third-order valence-electron chi connectivity index (χ3n) is 6.10. The van der Waals surface area contributed by atoms with E-state index in [1.165, 1.54) is 0 Å². The van der Waals surface area contributed by atoms with Gasteiger partial charge >= 0.3 is 0 Å². The summed E-state index contributed by atoms with van der Waals surface area (Å²) in [5.41, 5.74) is 3.50. The maximum absolute atomic E-state index is 12.9. The summed E-state index contributed by atoms with van der Waals surface area (Å²) in [6, 6.07) is 15.4. The molecule has 6 bridgehead atoms. The van der Waals surface area contributed by atoms with Crippen LogP contribution in [0.2, 0.25) is 0 Å². The molecule has 7 heteroatoms. The molecule has 0 radical (unpaired) electrons. The number of carbonyl (C=O) groups excluding carboxylic acids is 1. The molecule has 2 aromatic carbocycles. The van der Waals surface area contributed by atoms with E-state index in [9.17, 15) is 10.1 Å². The topological polar surface area (TPSA) is 83.2 Å². The molecule has 1 saturated heterocycles. The van der Waals surface area contributed by atoms with Gasteiger partial charge < -0.3 is 19.5 Å². The maximum atomic E-state index is 12.9. The number of rotatable bonds is 0. The van der Waals surface area contributed by atoms with E-state index in [0.29, 0.717) is 30.2 Å². The van der Waals surface area contributed by atoms with Crippen molar-refractivity contribution in [2.75, 3.05) is 6.54 Å². The summed E-state index contributed by atoms with van der Waals surface area (Å²) in [5, 5.41) is 13.0. The second-order valence-corrected chi connectivity index (χ2v) is 8.07. The third-order valence-corrected chi connectivity index (χ3v) is 6.10. The van der Waals surface area contributed by atoms with Crippen molar-refractivity contribution in [1.29, 1.82) is 5.26 Å². The molecule has 2 atom stereocenters. The number of nitrogens with zero attached hydrogens (tertiary/aromatic N) is 4. The number of nitriles is 1. The Hall–Kier alpha value is -3.63. The number of amides is 1. The summed E-state index contributed by atoms with van der Waals surface area (Å²) in [5.74, 6) is 1.29. The van der Waals surface area contributed by atoms with Gasteiger partial charge in [0.15, 0.2) is 0 Å². The molecule has 1 aromatic heterocycles. The molecule has 5 rings (SSSR count). The van der Waals surface area contributed by atoms with Crippen LogP contribution in [0.15, 0.2) is 55.0 Å². The largest absolute Gasteiger partial charge is 0.456 e. The zero-order valence-electron chi connectivity index (χ0n) is 17.3. The molecule has 31 heavy (non-hydrogen) atoms. The normalized spacial score (nSPS) is 20.6. The lowest BCUT2D eigenvalue weighted by molar-refractivity contribution is -0.129. The van der Waals surface area contributed by atoms with Gasteiger partial charge in [0.25, 0.3) is 0 Å². The number of carbonyl (C=O) groups is 1. The van der Waals surface area contributed by atoms with Gasteiger partial charge in [-0.2, -0.15) is 5.26 Å². The van der Waals surface area contributed by atoms with Crippen molar-refractivity contribution in [3.8, 4) is 17.6 Å². The van der Waals surface area contributed by atoms with Crippen LogP contribution in [0.1, 0.15) is 41.8 Å². The van der Waals surface area contributed by atoms with E-state index < -0.39 is 0 Å². The first kappa shape index (κ1) is 19.3. The Balaban J connectivity index is 1.59. The minimum Gasteiger partial charge on any atom is -0.456 e. The lowest BCUT2D eigenvalue weighted by atomic mass is 10.0. The lowest BCUT2D eigenvalue weighted by Gasteiger charge is -2.21. The predicted octanol–water partition coefficient (Wildman–Crippen LogP) is 3.36. The average Bonchev–Trinajstić information content (AvgIpc) is 3.38. The van der Waals surface area contributed by atoms with Crippen LogP contribution >= 0.6 is 0 Å². The molecule has 0 unspecified atom stereocenters. The number of hydrogen-bond acceptors (Lipinski definition) is 5. The Morgan fingerprint density at radius 2 is 2.16 bits per heavy atom. The fourth-order valence-electron chi connectivity index (χ4n) is 4.32. The van der Waals surface area contributed by atoms with Gasteiger partial charge in [0.05, 0.1) is 29.7 Å². The molecule has 2 aliphatic rings. The van der Waals surface area contributed by atoms with Crippen LogP contribution in [0.3, 0.4) is 0 Å². The molecule has 2 aliphatic heterocycles. The first-order valence-corrected chi connectivity index (χ1v) is 10.5. The van der Waals surface area contributed by atoms with E-state index in [4.69, 9.17) is 4.74 Å². The number of benzene rings is 2. The molecular weight excluding hydrogens is 390 g/mol. The monoisotopic (exact) mass is 413 g/mol. The SMILES string of the molecule is C[C@H]1c2ccc(C#N)c(c2)Oc2cccc(c2)CN2CC[C@@H](NCc3cncn31)C2=O. The molecule has 0 saturated carbocycles. The Morgan fingerprint density at radius 3 is 3.03 bits per heavy atom. The molecule has 3 heterocycles. The van der Waals surface area contributed by atoms with Gasteiger partial charge in [-0.05, 0) is 48.7 Å². The lowest BCUT2D eigenvalue weighted by Crippen LogP contribution is -2.38. The highest BCUT2D eigenvalue weighted by Gasteiger charge is 2.31. The van der Waals surface area contributed by atoms with E-state index in [0.717, 1.165) is 29.8 Å². The van der Waals surface area contributed by atoms with Crippen LogP contribution in [-0.2, 0) is 17.9 Å². The fraction of sp³-hybridized carbons (Fsp3) is 0.292. The standard InChI is InChI=1S/C24H23N5O2/c1-16-18-5-6-19(11-25)23(10-18)31-21-4-2-3-17(9-21)14-28-8-7-22(24(28)30)27-13-20-12-26-15-29(16)20/h2-6,9-10,12,15-16,22,27H,7-8,13-14H2,1H3/t16-,22+/m0/s1.